The Balaban J connectivity index is 1.54. The molecule has 0 aliphatic rings. The average molecular weight is 502 g/mol. The number of aromatic nitrogens is 1. The number of anilines is 1. The van der Waals surface area contributed by atoms with Crippen LogP contribution in [0.3, 0.4) is 0 Å². The largest absolute Gasteiger partial charge is 0.494 e. The molecule has 0 aliphatic heterocycles. The highest BCUT2D eigenvalue weighted by atomic mass is 19.1. The van der Waals surface area contributed by atoms with Gasteiger partial charge in [0.25, 0.3) is 0 Å². The van der Waals surface area contributed by atoms with Crippen molar-refractivity contribution >= 4 is 11.7 Å². The highest BCUT2D eigenvalue weighted by Gasteiger charge is 2.21. The van der Waals surface area contributed by atoms with Gasteiger partial charge in [-0.05, 0) is 54.4 Å². The quantitative estimate of drug-likeness (QED) is 0.281. The predicted molar refractivity (Wildman–Crippen MR) is 140 cm³/mol. The van der Waals surface area contributed by atoms with Crippen LogP contribution in [0.5, 0.6) is 23.1 Å². The molecule has 1 N–H and O–H groups in total. The second kappa shape index (κ2) is 11.9. The summed E-state index contributed by atoms with van der Waals surface area (Å²) in [6.45, 7) is 2.54. The van der Waals surface area contributed by atoms with Gasteiger partial charge >= 0.3 is 6.03 Å². The van der Waals surface area contributed by atoms with Crippen LogP contribution in [-0.4, -0.2) is 30.1 Å². The van der Waals surface area contributed by atoms with Gasteiger partial charge in [-0.3, -0.25) is 5.32 Å². The monoisotopic (exact) mass is 501 g/mol. The summed E-state index contributed by atoms with van der Waals surface area (Å²) in [4.78, 5) is 19.5. The average Bonchev–Trinajstić information content (AvgIpc) is 2.91. The summed E-state index contributed by atoms with van der Waals surface area (Å²) in [6.07, 6.45) is 0. The molecule has 8 heteroatoms. The van der Waals surface area contributed by atoms with E-state index in [4.69, 9.17) is 14.2 Å². The van der Waals surface area contributed by atoms with E-state index in [2.05, 4.69) is 10.3 Å². The summed E-state index contributed by atoms with van der Waals surface area (Å²) in [5.41, 5.74) is 2.95. The van der Waals surface area contributed by atoms with E-state index >= 15 is 0 Å². The smallest absolute Gasteiger partial charge is 0.322 e. The van der Waals surface area contributed by atoms with E-state index in [1.165, 1.54) is 26.4 Å². The van der Waals surface area contributed by atoms with E-state index in [0.717, 1.165) is 11.1 Å². The number of halogens is 1. The van der Waals surface area contributed by atoms with Crippen molar-refractivity contribution in [1.29, 1.82) is 0 Å². The lowest BCUT2D eigenvalue weighted by atomic mass is 10.1. The van der Waals surface area contributed by atoms with Gasteiger partial charge in [-0.25, -0.2) is 14.2 Å². The molecule has 0 unspecified atom stereocenters. The van der Waals surface area contributed by atoms with Gasteiger partial charge in [0.2, 0.25) is 5.88 Å². The third-order valence-corrected chi connectivity index (χ3v) is 5.57. The van der Waals surface area contributed by atoms with E-state index < -0.39 is 0 Å². The molecule has 4 aromatic rings. The molecule has 0 saturated carbocycles. The van der Waals surface area contributed by atoms with Gasteiger partial charge in [-0.2, -0.15) is 0 Å². The van der Waals surface area contributed by atoms with Gasteiger partial charge < -0.3 is 19.1 Å². The number of amides is 2. The maximum absolute atomic E-state index is 13.5. The number of nitrogens with zero attached hydrogens (tertiary/aromatic N) is 2. The van der Waals surface area contributed by atoms with E-state index in [1.807, 2.05) is 61.5 Å². The maximum atomic E-state index is 13.5. The van der Waals surface area contributed by atoms with Crippen molar-refractivity contribution in [1.82, 2.24) is 9.88 Å². The minimum atomic E-state index is -0.335. The fourth-order valence-corrected chi connectivity index (χ4v) is 3.75. The van der Waals surface area contributed by atoms with Crippen molar-refractivity contribution in [3.63, 3.8) is 0 Å². The molecule has 1 heterocycles. The Kier molecular flexibility index (Phi) is 8.20. The maximum Gasteiger partial charge on any atom is 0.322 e. The van der Waals surface area contributed by atoms with Gasteiger partial charge in [0.15, 0.2) is 0 Å². The van der Waals surface area contributed by atoms with E-state index in [1.54, 1.807) is 23.1 Å². The molecule has 0 radical (unpaired) electrons. The van der Waals surface area contributed by atoms with Crippen LogP contribution in [0, 0.1) is 12.7 Å². The number of aryl methyl sites for hydroxylation is 1. The molecule has 2 amide bonds. The Morgan fingerprint density at radius 3 is 2.05 bits per heavy atom. The van der Waals surface area contributed by atoms with Crippen molar-refractivity contribution in [2.45, 2.75) is 20.0 Å². The highest BCUT2D eigenvalue weighted by molar-refractivity contribution is 5.92. The number of urea groups is 1. The van der Waals surface area contributed by atoms with E-state index in [0.29, 0.717) is 41.7 Å². The summed E-state index contributed by atoms with van der Waals surface area (Å²) >= 11 is 0. The molecule has 0 atom stereocenters. The summed E-state index contributed by atoms with van der Waals surface area (Å²) < 4.78 is 29.8. The van der Waals surface area contributed by atoms with Crippen LogP contribution in [0.4, 0.5) is 14.9 Å². The van der Waals surface area contributed by atoms with Gasteiger partial charge in [0, 0.05) is 24.8 Å². The van der Waals surface area contributed by atoms with Crippen molar-refractivity contribution in [2.75, 3.05) is 19.5 Å². The van der Waals surface area contributed by atoms with Crippen LogP contribution in [0.25, 0.3) is 0 Å². The van der Waals surface area contributed by atoms with Crippen LogP contribution in [0.2, 0.25) is 0 Å². The van der Waals surface area contributed by atoms with Crippen molar-refractivity contribution < 1.29 is 23.4 Å². The first-order valence-corrected chi connectivity index (χ1v) is 11.7. The van der Waals surface area contributed by atoms with E-state index in [-0.39, 0.29) is 17.7 Å². The number of carbonyl (C=O) groups is 1. The SMILES string of the molecule is COc1cc(C)nc(OC)c1NC(=O)N(Cc1ccccc1)Cc1ccc(Oc2ccc(F)cc2)cc1. The second-order valence-electron chi connectivity index (χ2n) is 8.32. The molecule has 190 valence electrons. The van der Waals surface area contributed by atoms with Gasteiger partial charge in [0.1, 0.15) is 28.8 Å². The normalized spacial score (nSPS) is 10.5. The van der Waals surface area contributed by atoms with Gasteiger partial charge in [-0.15, -0.1) is 0 Å². The zero-order valence-corrected chi connectivity index (χ0v) is 20.9. The fourth-order valence-electron chi connectivity index (χ4n) is 3.75. The summed E-state index contributed by atoms with van der Waals surface area (Å²) in [6, 6.07) is 24.4. The van der Waals surface area contributed by atoms with Crippen LogP contribution >= 0.6 is 0 Å². The molecule has 0 saturated heterocycles. The molecular weight excluding hydrogens is 473 g/mol. The van der Waals surface area contributed by atoms with Crippen molar-refractivity contribution in [3.05, 3.63) is 108 Å². The number of ether oxygens (including phenoxy) is 3. The van der Waals surface area contributed by atoms with Crippen LogP contribution < -0.4 is 19.5 Å². The second-order valence-corrected chi connectivity index (χ2v) is 8.32. The van der Waals surface area contributed by atoms with E-state index in [9.17, 15) is 9.18 Å². The minimum absolute atomic E-state index is 0.271. The molecular formula is C29H28FN3O4. The number of rotatable bonds is 9. The number of benzene rings is 3. The third kappa shape index (κ3) is 6.76. The number of hydrogen-bond acceptors (Lipinski definition) is 5. The fraction of sp³-hybridized carbons (Fsp3) is 0.172. The first kappa shape index (κ1) is 25.5. The lowest BCUT2D eigenvalue weighted by Crippen LogP contribution is -2.34. The van der Waals surface area contributed by atoms with Crippen molar-refractivity contribution in [2.24, 2.45) is 0 Å². The summed E-state index contributed by atoms with van der Waals surface area (Å²) in [5.74, 6) is 1.55. The van der Waals surface area contributed by atoms with Crippen molar-refractivity contribution in [3.8, 4) is 23.1 Å². The molecule has 0 fully saturated rings. The Bertz CT molecular complexity index is 1300. The standard InChI is InChI=1S/C29H28FN3O4/c1-20-17-26(35-2)27(28(31-20)36-3)32-29(34)33(18-21-7-5-4-6-8-21)19-22-9-13-24(14-10-22)37-25-15-11-23(30)12-16-25/h4-17H,18-19H2,1-3H3,(H,32,34). The lowest BCUT2D eigenvalue weighted by molar-refractivity contribution is 0.206. The molecule has 0 aliphatic carbocycles. The Hall–Kier alpha value is -4.59. The molecule has 0 bridgehead atoms. The first-order valence-electron chi connectivity index (χ1n) is 11.7. The van der Waals surface area contributed by atoms with Crippen LogP contribution in [0.15, 0.2) is 84.9 Å². The molecule has 37 heavy (non-hydrogen) atoms. The molecule has 0 spiro atoms. The van der Waals surface area contributed by atoms with Crippen LogP contribution in [0.1, 0.15) is 16.8 Å². The first-order chi connectivity index (χ1) is 17.9. The number of pyridine rings is 1. The number of hydrogen-bond donors (Lipinski definition) is 1. The topological polar surface area (TPSA) is 72.9 Å². The lowest BCUT2D eigenvalue weighted by Gasteiger charge is -2.24. The third-order valence-electron chi connectivity index (χ3n) is 5.57. The zero-order chi connectivity index (χ0) is 26.2. The summed E-state index contributed by atoms with van der Waals surface area (Å²) in [5, 5.41) is 2.92. The Labute approximate surface area is 215 Å². The van der Waals surface area contributed by atoms with Gasteiger partial charge in [0.05, 0.1) is 14.2 Å². The molecule has 4 rings (SSSR count). The predicted octanol–water partition coefficient (Wildman–Crippen LogP) is 6.57. The Morgan fingerprint density at radius 2 is 1.46 bits per heavy atom. The number of nitrogens with one attached hydrogen (secondary N) is 1. The number of carbonyl (C=O) groups excluding carboxylic acids is 1. The van der Waals surface area contributed by atoms with Gasteiger partial charge in [-0.1, -0.05) is 42.5 Å². The molecule has 7 nitrogen and oxygen atoms in total. The number of methoxy groups -OCH3 is 2. The Morgan fingerprint density at radius 1 is 0.865 bits per heavy atom. The minimum Gasteiger partial charge on any atom is -0.494 e. The molecule has 3 aromatic carbocycles. The zero-order valence-electron chi connectivity index (χ0n) is 20.9. The van der Waals surface area contributed by atoms with Crippen LogP contribution in [-0.2, 0) is 13.1 Å². The highest BCUT2D eigenvalue weighted by Crippen LogP contribution is 2.34. The summed E-state index contributed by atoms with van der Waals surface area (Å²) in [7, 11) is 3.02. The molecule has 1 aromatic heterocycles.